The molecule has 2 N–H and O–H groups in total. The van der Waals surface area contributed by atoms with Crippen molar-refractivity contribution in [2.24, 2.45) is 0 Å². The van der Waals surface area contributed by atoms with Crippen molar-refractivity contribution >= 4 is 29.3 Å². The lowest BCUT2D eigenvalue weighted by Gasteiger charge is -2.29. The lowest BCUT2D eigenvalue weighted by Crippen LogP contribution is -2.29. The molecule has 0 aliphatic carbocycles. The van der Waals surface area contributed by atoms with Crippen LogP contribution in [0.25, 0.3) is 0 Å². The van der Waals surface area contributed by atoms with Gasteiger partial charge in [0.1, 0.15) is 19.0 Å². The van der Waals surface area contributed by atoms with E-state index in [0.717, 1.165) is 22.4 Å². The number of thioether (sulfide) groups is 1. The fourth-order valence-corrected chi connectivity index (χ4v) is 5.27. The molecule has 3 aromatic rings. The molecule has 0 saturated carbocycles. The predicted molar refractivity (Wildman–Crippen MR) is 162 cm³/mol. The standard InChI is InChI=1S/C33H31N3O4S/c1-4-18-39-33(38)30-23(3)35-32(41-21-29(37)36-28-13-9-8-10-22(28)2)27(19-34)31(30)25-14-16-26(17-15-25)40-20-24-11-6-5-7-12-24/h4-17,31,35H,1,18,20-21H2,2-3H3,(H,36,37). The van der Waals surface area contributed by atoms with Crippen LogP contribution >= 0.6 is 11.8 Å². The van der Waals surface area contributed by atoms with E-state index < -0.39 is 11.9 Å². The van der Waals surface area contributed by atoms with E-state index in [-0.39, 0.29) is 18.3 Å². The number of benzene rings is 3. The number of amides is 1. The highest BCUT2D eigenvalue weighted by atomic mass is 32.2. The minimum atomic E-state index is -0.691. The van der Waals surface area contributed by atoms with Gasteiger partial charge < -0.3 is 20.1 Å². The Kier molecular flexibility index (Phi) is 10.0. The van der Waals surface area contributed by atoms with Crippen molar-refractivity contribution in [3.8, 4) is 11.8 Å². The van der Waals surface area contributed by atoms with E-state index in [9.17, 15) is 14.9 Å². The summed E-state index contributed by atoms with van der Waals surface area (Å²) in [4.78, 5) is 25.9. The molecule has 4 rings (SSSR count). The summed E-state index contributed by atoms with van der Waals surface area (Å²) in [6.07, 6.45) is 1.49. The Hall–Kier alpha value is -4.74. The van der Waals surface area contributed by atoms with Gasteiger partial charge in [-0.15, -0.1) is 0 Å². The number of ether oxygens (including phenoxy) is 2. The summed E-state index contributed by atoms with van der Waals surface area (Å²) in [6.45, 7) is 7.76. The molecule has 208 valence electrons. The molecular formula is C33H31N3O4S. The minimum Gasteiger partial charge on any atom is -0.489 e. The third-order valence-electron chi connectivity index (χ3n) is 6.43. The average Bonchev–Trinajstić information content (AvgIpc) is 2.99. The van der Waals surface area contributed by atoms with Gasteiger partial charge in [-0.3, -0.25) is 4.79 Å². The first-order chi connectivity index (χ1) is 19.9. The number of carbonyl (C=O) groups excluding carboxylic acids is 2. The van der Waals surface area contributed by atoms with Gasteiger partial charge in [-0.25, -0.2) is 4.79 Å². The normalized spacial score (nSPS) is 14.5. The highest BCUT2D eigenvalue weighted by Gasteiger charge is 2.35. The van der Waals surface area contributed by atoms with Gasteiger partial charge in [0.15, 0.2) is 0 Å². The maximum Gasteiger partial charge on any atom is 0.337 e. The number of hydrogen-bond acceptors (Lipinski definition) is 7. The molecule has 0 saturated heterocycles. The third kappa shape index (κ3) is 7.47. The zero-order valence-electron chi connectivity index (χ0n) is 23.0. The quantitative estimate of drug-likeness (QED) is 0.206. The maximum absolute atomic E-state index is 13.2. The monoisotopic (exact) mass is 565 g/mol. The van der Waals surface area contributed by atoms with E-state index in [1.165, 1.54) is 17.8 Å². The Morgan fingerprint density at radius 3 is 2.44 bits per heavy atom. The van der Waals surface area contributed by atoms with Crippen molar-refractivity contribution in [1.29, 1.82) is 5.26 Å². The summed E-state index contributed by atoms with van der Waals surface area (Å²) in [5, 5.41) is 16.9. The highest BCUT2D eigenvalue weighted by molar-refractivity contribution is 8.03. The van der Waals surface area contributed by atoms with Gasteiger partial charge in [0, 0.05) is 11.4 Å². The SMILES string of the molecule is C=CCOC(=O)C1=C(C)NC(SCC(=O)Nc2ccccc2C)=C(C#N)C1c1ccc(OCc2ccccc2)cc1. The van der Waals surface area contributed by atoms with E-state index in [0.29, 0.717) is 34.2 Å². The van der Waals surface area contributed by atoms with Crippen LogP contribution in [0.4, 0.5) is 5.69 Å². The molecule has 1 atom stereocenters. The fraction of sp³-hybridized carbons (Fsp3) is 0.182. The van der Waals surface area contributed by atoms with Crippen LogP contribution in [0.15, 0.2) is 113 Å². The molecule has 0 aromatic heterocycles. The van der Waals surface area contributed by atoms with Gasteiger partial charge in [-0.2, -0.15) is 5.26 Å². The van der Waals surface area contributed by atoms with E-state index >= 15 is 0 Å². The highest BCUT2D eigenvalue weighted by Crippen LogP contribution is 2.41. The topological polar surface area (TPSA) is 100 Å². The number of esters is 1. The van der Waals surface area contributed by atoms with Crippen molar-refractivity contribution in [2.45, 2.75) is 26.4 Å². The molecule has 41 heavy (non-hydrogen) atoms. The van der Waals surface area contributed by atoms with E-state index in [1.807, 2.05) is 85.8 Å². The van der Waals surface area contributed by atoms with Crippen LogP contribution in [0.5, 0.6) is 5.75 Å². The molecule has 0 radical (unpaired) electrons. The second-order valence-corrected chi connectivity index (χ2v) is 10.3. The number of nitriles is 1. The van der Waals surface area contributed by atoms with E-state index in [4.69, 9.17) is 9.47 Å². The molecule has 1 aliphatic heterocycles. The summed E-state index contributed by atoms with van der Waals surface area (Å²) in [5.41, 5.74) is 4.67. The fourth-order valence-electron chi connectivity index (χ4n) is 4.38. The second kappa shape index (κ2) is 14.1. The van der Waals surface area contributed by atoms with Gasteiger partial charge in [0.25, 0.3) is 0 Å². The average molecular weight is 566 g/mol. The number of allylic oxidation sites excluding steroid dienone is 2. The van der Waals surface area contributed by atoms with Gasteiger partial charge in [-0.05, 0) is 48.7 Å². The van der Waals surface area contributed by atoms with Crippen molar-refractivity contribution in [1.82, 2.24) is 5.32 Å². The number of nitrogens with zero attached hydrogens (tertiary/aromatic N) is 1. The third-order valence-corrected chi connectivity index (χ3v) is 7.45. The first kappa shape index (κ1) is 29.2. The molecular weight excluding hydrogens is 534 g/mol. The molecule has 0 fully saturated rings. The van der Waals surface area contributed by atoms with Gasteiger partial charge in [0.05, 0.1) is 33.9 Å². The van der Waals surface area contributed by atoms with Crippen molar-refractivity contribution in [3.63, 3.8) is 0 Å². The molecule has 7 nitrogen and oxygen atoms in total. The van der Waals surface area contributed by atoms with Crippen LogP contribution < -0.4 is 15.4 Å². The summed E-state index contributed by atoms with van der Waals surface area (Å²) >= 11 is 1.21. The Morgan fingerprint density at radius 1 is 1.05 bits per heavy atom. The Bertz CT molecular complexity index is 1520. The van der Waals surface area contributed by atoms with Crippen LogP contribution in [-0.4, -0.2) is 24.2 Å². The zero-order chi connectivity index (χ0) is 29.2. The van der Waals surface area contributed by atoms with Crippen molar-refractivity contribution in [3.05, 3.63) is 130 Å². The lowest BCUT2D eigenvalue weighted by molar-refractivity contribution is -0.138. The smallest absolute Gasteiger partial charge is 0.337 e. The molecule has 1 amide bonds. The van der Waals surface area contributed by atoms with Crippen molar-refractivity contribution in [2.75, 3.05) is 17.7 Å². The number of aryl methyl sites for hydroxylation is 1. The second-order valence-electron chi connectivity index (χ2n) is 9.33. The lowest BCUT2D eigenvalue weighted by atomic mass is 9.82. The number of rotatable bonds is 11. The van der Waals surface area contributed by atoms with Crippen LogP contribution in [0.2, 0.25) is 0 Å². The van der Waals surface area contributed by atoms with Gasteiger partial charge in [-0.1, -0.05) is 85.1 Å². The zero-order valence-corrected chi connectivity index (χ0v) is 23.8. The Morgan fingerprint density at radius 2 is 1.76 bits per heavy atom. The van der Waals surface area contributed by atoms with Gasteiger partial charge >= 0.3 is 5.97 Å². The number of nitrogens with one attached hydrogen (secondary N) is 2. The van der Waals surface area contributed by atoms with Crippen LogP contribution in [0, 0.1) is 18.3 Å². The van der Waals surface area contributed by atoms with Crippen molar-refractivity contribution < 1.29 is 19.1 Å². The first-order valence-electron chi connectivity index (χ1n) is 13.1. The number of hydrogen-bond donors (Lipinski definition) is 2. The van der Waals surface area contributed by atoms with Gasteiger partial charge in [0.2, 0.25) is 5.91 Å². The largest absolute Gasteiger partial charge is 0.489 e. The Labute approximate surface area is 244 Å². The molecule has 3 aromatic carbocycles. The summed E-state index contributed by atoms with van der Waals surface area (Å²) in [6, 6.07) is 27.0. The van der Waals surface area contributed by atoms with E-state index in [1.54, 1.807) is 6.92 Å². The molecule has 8 heteroatoms. The molecule has 1 unspecified atom stereocenters. The molecule has 1 aliphatic rings. The number of dihydropyridines is 1. The van der Waals surface area contributed by atoms with Crippen LogP contribution in [-0.2, 0) is 20.9 Å². The summed E-state index contributed by atoms with van der Waals surface area (Å²) < 4.78 is 11.3. The summed E-state index contributed by atoms with van der Waals surface area (Å²) in [7, 11) is 0. The molecule has 0 bridgehead atoms. The minimum absolute atomic E-state index is 0.0425. The molecule has 1 heterocycles. The number of carbonyl (C=O) groups is 2. The van der Waals surface area contributed by atoms with E-state index in [2.05, 4.69) is 23.3 Å². The Balaban J connectivity index is 1.58. The maximum atomic E-state index is 13.2. The molecule has 0 spiro atoms. The first-order valence-corrected chi connectivity index (χ1v) is 14.0. The van der Waals surface area contributed by atoms with Crippen LogP contribution in [0.3, 0.4) is 0 Å². The number of anilines is 1. The predicted octanol–water partition coefficient (Wildman–Crippen LogP) is 6.37. The van der Waals surface area contributed by atoms with Crippen LogP contribution in [0.1, 0.15) is 29.5 Å². The number of para-hydroxylation sites is 1. The summed E-state index contributed by atoms with van der Waals surface area (Å²) in [5.74, 6) is -0.704.